The lowest BCUT2D eigenvalue weighted by atomic mass is 10.1. The summed E-state index contributed by atoms with van der Waals surface area (Å²) in [6.07, 6.45) is 7.75. The van der Waals surface area contributed by atoms with E-state index >= 15 is 0 Å². The van der Waals surface area contributed by atoms with E-state index in [2.05, 4.69) is 16.3 Å². The van der Waals surface area contributed by atoms with Gasteiger partial charge in [0.2, 0.25) is 0 Å². The summed E-state index contributed by atoms with van der Waals surface area (Å²) < 4.78 is 0. The van der Waals surface area contributed by atoms with E-state index in [-0.39, 0.29) is 0 Å². The normalized spacial score (nSPS) is 33.5. The standard InChI is InChI=1S/C10H16N2O/c13-7-3-1-2-4-8-9-5-6-10(8)12-11-9/h4,9-10,13H,1-3,5-7H2/t9-,10+. The quantitative estimate of drug-likeness (QED) is 0.522. The third-order valence-corrected chi connectivity index (χ3v) is 2.82. The molecule has 0 saturated heterocycles. The fraction of sp³-hybridized carbons (Fsp3) is 0.800. The number of unbranched alkanes of at least 4 members (excludes halogenated alkanes) is 2. The Labute approximate surface area is 78.6 Å². The third kappa shape index (κ3) is 1.80. The Hall–Kier alpha value is -0.700. The van der Waals surface area contributed by atoms with Gasteiger partial charge in [-0.3, -0.25) is 0 Å². The van der Waals surface area contributed by atoms with E-state index in [1.165, 1.54) is 18.4 Å². The monoisotopic (exact) mass is 180 g/mol. The van der Waals surface area contributed by atoms with Crippen LogP contribution in [-0.2, 0) is 0 Å². The van der Waals surface area contributed by atoms with E-state index in [1.807, 2.05) is 0 Å². The zero-order chi connectivity index (χ0) is 9.10. The fourth-order valence-electron chi connectivity index (χ4n) is 2.08. The van der Waals surface area contributed by atoms with Crippen LogP contribution in [0.3, 0.4) is 0 Å². The topological polar surface area (TPSA) is 45.0 Å². The van der Waals surface area contributed by atoms with E-state index in [4.69, 9.17) is 5.11 Å². The van der Waals surface area contributed by atoms with Gasteiger partial charge in [-0.05, 0) is 37.7 Å². The summed E-state index contributed by atoms with van der Waals surface area (Å²) in [5.74, 6) is 0. The van der Waals surface area contributed by atoms with E-state index in [0.717, 1.165) is 19.3 Å². The number of allylic oxidation sites excluding steroid dienone is 1. The first kappa shape index (κ1) is 8.88. The minimum absolute atomic E-state index is 0.310. The average molecular weight is 180 g/mol. The number of fused-ring (bicyclic) bond motifs is 2. The zero-order valence-corrected chi connectivity index (χ0v) is 7.82. The summed E-state index contributed by atoms with van der Waals surface area (Å²) in [5.41, 5.74) is 1.44. The molecule has 2 atom stereocenters. The summed E-state index contributed by atoms with van der Waals surface area (Å²) in [4.78, 5) is 0. The van der Waals surface area contributed by atoms with Gasteiger partial charge in [0.05, 0.1) is 12.1 Å². The van der Waals surface area contributed by atoms with Gasteiger partial charge in [0.15, 0.2) is 0 Å². The maximum atomic E-state index is 8.62. The molecule has 72 valence electrons. The van der Waals surface area contributed by atoms with Crippen LogP contribution in [0.5, 0.6) is 0 Å². The molecule has 2 bridgehead atoms. The third-order valence-electron chi connectivity index (χ3n) is 2.82. The van der Waals surface area contributed by atoms with Crippen LogP contribution in [0.4, 0.5) is 0 Å². The maximum Gasteiger partial charge on any atom is 0.0940 e. The van der Waals surface area contributed by atoms with Crippen molar-refractivity contribution in [3.63, 3.8) is 0 Å². The van der Waals surface area contributed by atoms with Crippen molar-refractivity contribution in [2.24, 2.45) is 10.2 Å². The first-order chi connectivity index (χ1) is 6.42. The molecule has 3 nitrogen and oxygen atoms in total. The molecule has 2 rings (SSSR count). The maximum absolute atomic E-state index is 8.62. The van der Waals surface area contributed by atoms with Gasteiger partial charge in [-0.2, -0.15) is 10.2 Å². The van der Waals surface area contributed by atoms with Crippen molar-refractivity contribution >= 4 is 0 Å². The Morgan fingerprint density at radius 2 is 1.92 bits per heavy atom. The summed E-state index contributed by atoms with van der Waals surface area (Å²) in [5, 5.41) is 17.0. The van der Waals surface area contributed by atoms with Crippen LogP contribution >= 0.6 is 0 Å². The molecule has 1 heterocycles. The van der Waals surface area contributed by atoms with Gasteiger partial charge in [0.25, 0.3) is 0 Å². The number of hydrogen-bond acceptors (Lipinski definition) is 3. The summed E-state index contributed by atoms with van der Waals surface area (Å²) in [6.45, 7) is 0.310. The molecule has 2 aliphatic rings. The van der Waals surface area contributed by atoms with Gasteiger partial charge < -0.3 is 5.11 Å². The lowest BCUT2D eigenvalue weighted by Gasteiger charge is -1.99. The van der Waals surface area contributed by atoms with Crippen molar-refractivity contribution in [2.45, 2.75) is 44.2 Å². The summed E-state index contributed by atoms with van der Waals surface area (Å²) in [7, 11) is 0. The van der Waals surface area contributed by atoms with E-state index in [9.17, 15) is 0 Å². The number of azo groups is 1. The highest BCUT2D eigenvalue weighted by atomic mass is 16.2. The van der Waals surface area contributed by atoms with Crippen molar-refractivity contribution in [3.8, 4) is 0 Å². The number of rotatable bonds is 4. The number of aliphatic hydroxyl groups excluding tert-OH is 1. The first-order valence-corrected chi connectivity index (χ1v) is 5.12. The fourth-order valence-corrected chi connectivity index (χ4v) is 2.08. The zero-order valence-electron chi connectivity index (χ0n) is 7.82. The molecule has 3 heteroatoms. The molecule has 1 aliphatic carbocycles. The molecule has 13 heavy (non-hydrogen) atoms. The molecule has 1 fully saturated rings. The minimum atomic E-state index is 0.310. The molecule has 0 aromatic rings. The van der Waals surface area contributed by atoms with Crippen LogP contribution in [0.15, 0.2) is 21.9 Å². The van der Waals surface area contributed by atoms with E-state index < -0.39 is 0 Å². The highest BCUT2D eigenvalue weighted by Gasteiger charge is 2.34. The highest BCUT2D eigenvalue weighted by Crippen LogP contribution is 2.36. The van der Waals surface area contributed by atoms with Crippen LogP contribution in [0.1, 0.15) is 32.1 Å². The molecule has 0 radical (unpaired) electrons. The van der Waals surface area contributed by atoms with Crippen molar-refractivity contribution < 1.29 is 5.11 Å². The molecule has 1 N–H and O–H groups in total. The number of nitrogens with zero attached hydrogens (tertiary/aromatic N) is 2. The van der Waals surface area contributed by atoms with Gasteiger partial charge in [-0.25, -0.2) is 0 Å². The lowest BCUT2D eigenvalue weighted by molar-refractivity contribution is 0.285. The van der Waals surface area contributed by atoms with Gasteiger partial charge in [-0.1, -0.05) is 6.08 Å². The van der Waals surface area contributed by atoms with E-state index in [1.54, 1.807) is 0 Å². The predicted octanol–water partition coefficient (Wildman–Crippen LogP) is 2.07. The van der Waals surface area contributed by atoms with Crippen molar-refractivity contribution in [1.29, 1.82) is 0 Å². The second-order valence-electron chi connectivity index (χ2n) is 3.76. The molecular formula is C10H16N2O. The molecule has 0 amide bonds. The van der Waals surface area contributed by atoms with Gasteiger partial charge in [0.1, 0.15) is 0 Å². The Bertz CT molecular complexity index is 219. The van der Waals surface area contributed by atoms with Gasteiger partial charge in [0, 0.05) is 6.61 Å². The second kappa shape index (κ2) is 4.01. The molecule has 0 aromatic heterocycles. The first-order valence-electron chi connectivity index (χ1n) is 5.12. The Morgan fingerprint density at radius 3 is 2.46 bits per heavy atom. The van der Waals surface area contributed by atoms with Crippen molar-refractivity contribution in [2.75, 3.05) is 6.61 Å². The van der Waals surface area contributed by atoms with Crippen LogP contribution in [0, 0.1) is 0 Å². The summed E-state index contributed by atoms with van der Waals surface area (Å²) in [6, 6.07) is 0.832. The molecular weight excluding hydrogens is 164 g/mol. The lowest BCUT2D eigenvalue weighted by Crippen LogP contribution is -1.99. The second-order valence-corrected chi connectivity index (χ2v) is 3.76. The molecule has 0 aromatic carbocycles. The van der Waals surface area contributed by atoms with Crippen LogP contribution < -0.4 is 0 Å². The summed E-state index contributed by atoms with van der Waals surface area (Å²) >= 11 is 0. The van der Waals surface area contributed by atoms with Crippen molar-refractivity contribution in [1.82, 2.24) is 0 Å². The minimum Gasteiger partial charge on any atom is -0.396 e. The Morgan fingerprint density at radius 1 is 1.23 bits per heavy atom. The molecule has 1 saturated carbocycles. The Balaban J connectivity index is 1.81. The van der Waals surface area contributed by atoms with Gasteiger partial charge >= 0.3 is 0 Å². The van der Waals surface area contributed by atoms with Crippen LogP contribution in [0.25, 0.3) is 0 Å². The highest BCUT2D eigenvalue weighted by molar-refractivity contribution is 5.26. The van der Waals surface area contributed by atoms with E-state index in [0.29, 0.717) is 18.7 Å². The number of aliphatic hydroxyl groups is 1. The predicted molar refractivity (Wildman–Crippen MR) is 50.7 cm³/mol. The smallest absolute Gasteiger partial charge is 0.0940 e. The number of hydrogen-bond donors (Lipinski definition) is 1. The molecule has 1 aliphatic heterocycles. The van der Waals surface area contributed by atoms with Gasteiger partial charge in [-0.15, -0.1) is 0 Å². The van der Waals surface area contributed by atoms with Crippen LogP contribution in [0.2, 0.25) is 0 Å². The average Bonchev–Trinajstić information content (AvgIpc) is 2.72. The SMILES string of the molecule is OCCCCC=C1[C@@H]2CC[C@H]1N=N2. The largest absolute Gasteiger partial charge is 0.396 e. The Kier molecular flexibility index (Phi) is 2.74. The van der Waals surface area contributed by atoms with Crippen LogP contribution in [-0.4, -0.2) is 23.8 Å². The molecule has 0 spiro atoms. The molecule has 0 unspecified atom stereocenters. The van der Waals surface area contributed by atoms with Crippen molar-refractivity contribution in [3.05, 3.63) is 11.6 Å².